The van der Waals surface area contributed by atoms with Crippen LogP contribution in [0.25, 0.3) is 11.0 Å². The van der Waals surface area contributed by atoms with Gasteiger partial charge in [0.1, 0.15) is 0 Å². The van der Waals surface area contributed by atoms with Crippen LogP contribution in [-0.2, 0) is 6.54 Å². The van der Waals surface area contributed by atoms with Crippen LogP contribution >= 0.6 is 0 Å². The first-order chi connectivity index (χ1) is 8.08. The van der Waals surface area contributed by atoms with Crippen molar-refractivity contribution in [2.24, 2.45) is 0 Å². The largest absolute Gasteiger partial charge is 0.481 e. The number of carbonyl (C=O) groups is 1. The van der Waals surface area contributed by atoms with Crippen LogP contribution in [0.15, 0.2) is 6.07 Å². The predicted octanol–water partition coefficient (Wildman–Crippen LogP) is 1.47. The molecule has 90 valence electrons. The molecule has 0 atom stereocenters. The number of carboxylic acid groups (broad SMARTS) is 1. The molecular formula is C11H13N3O3. The summed E-state index contributed by atoms with van der Waals surface area (Å²) in [6.45, 7) is 4.33. The number of aromatic carboxylic acids is 1. The normalized spacial score (nSPS) is 10.8. The smallest absolute Gasteiger partial charge is 0.336 e. The van der Waals surface area contributed by atoms with Crippen LogP contribution in [0.5, 0.6) is 5.88 Å². The molecule has 2 rings (SSSR count). The average molecular weight is 235 g/mol. The minimum Gasteiger partial charge on any atom is -0.481 e. The van der Waals surface area contributed by atoms with E-state index in [-0.39, 0.29) is 11.4 Å². The van der Waals surface area contributed by atoms with Gasteiger partial charge in [-0.1, -0.05) is 0 Å². The van der Waals surface area contributed by atoms with Crippen molar-refractivity contribution in [1.82, 2.24) is 14.8 Å². The Hall–Kier alpha value is -2.11. The Labute approximate surface area is 97.8 Å². The lowest BCUT2D eigenvalue weighted by Crippen LogP contribution is -2.02. The molecule has 0 aliphatic heterocycles. The summed E-state index contributed by atoms with van der Waals surface area (Å²) in [7, 11) is 1.46. The van der Waals surface area contributed by atoms with Crippen molar-refractivity contribution in [3.63, 3.8) is 0 Å². The molecule has 2 aromatic rings. The van der Waals surface area contributed by atoms with E-state index in [0.717, 1.165) is 0 Å². The summed E-state index contributed by atoms with van der Waals surface area (Å²) in [6.07, 6.45) is 0. The highest BCUT2D eigenvalue weighted by atomic mass is 16.5. The summed E-state index contributed by atoms with van der Waals surface area (Å²) in [6, 6.07) is 1.42. The first-order valence-corrected chi connectivity index (χ1v) is 5.24. The highest BCUT2D eigenvalue weighted by Gasteiger charge is 2.18. The molecule has 0 spiro atoms. The highest BCUT2D eigenvalue weighted by Crippen LogP contribution is 2.24. The third-order valence-electron chi connectivity index (χ3n) is 2.59. The Bertz CT molecular complexity index is 589. The highest BCUT2D eigenvalue weighted by molar-refractivity contribution is 6.03. The molecule has 6 nitrogen and oxygen atoms in total. The molecule has 0 unspecified atom stereocenters. The van der Waals surface area contributed by atoms with E-state index in [0.29, 0.717) is 23.3 Å². The third-order valence-corrected chi connectivity index (χ3v) is 2.59. The van der Waals surface area contributed by atoms with Crippen molar-refractivity contribution >= 4 is 17.0 Å². The Morgan fingerprint density at radius 1 is 1.59 bits per heavy atom. The SMILES string of the molecule is CCn1nc(C)c2c(C(=O)O)cc(OC)nc21. The number of hydrogen-bond acceptors (Lipinski definition) is 4. The lowest BCUT2D eigenvalue weighted by atomic mass is 10.1. The van der Waals surface area contributed by atoms with Gasteiger partial charge in [-0.15, -0.1) is 0 Å². The molecule has 0 fully saturated rings. The van der Waals surface area contributed by atoms with Crippen molar-refractivity contribution in [2.45, 2.75) is 20.4 Å². The van der Waals surface area contributed by atoms with Crippen molar-refractivity contribution in [3.05, 3.63) is 17.3 Å². The lowest BCUT2D eigenvalue weighted by Gasteiger charge is -2.04. The Morgan fingerprint density at radius 2 is 2.29 bits per heavy atom. The van der Waals surface area contributed by atoms with Gasteiger partial charge in [0.2, 0.25) is 5.88 Å². The topological polar surface area (TPSA) is 77.2 Å². The summed E-state index contributed by atoms with van der Waals surface area (Å²) in [4.78, 5) is 15.5. The molecule has 0 aromatic carbocycles. The molecule has 1 N–H and O–H groups in total. The summed E-state index contributed by atoms with van der Waals surface area (Å²) >= 11 is 0. The number of hydrogen-bond donors (Lipinski definition) is 1. The van der Waals surface area contributed by atoms with Gasteiger partial charge in [0.15, 0.2) is 5.65 Å². The van der Waals surface area contributed by atoms with E-state index in [4.69, 9.17) is 4.74 Å². The van der Waals surface area contributed by atoms with Crippen LogP contribution < -0.4 is 4.74 Å². The van der Waals surface area contributed by atoms with Crippen LogP contribution in [0.2, 0.25) is 0 Å². The second kappa shape index (κ2) is 4.04. The molecule has 0 aliphatic rings. The minimum absolute atomic E-state index is 0.170. The lowest BCUT2D eigenvalue weighted by molar-refractivity contribution is 0.0698. The zero-order chi connectivity index (χ0) is 12.6. The molecule has 0 aliphatic carbocycles. The minimum atomic E-state index is -1.01. The molecule has 17 heavy (non-hydrogen) atoms. The van der Waals surface area contributed by atoms with E-state index >= 15 is 0 Å². The van der Waals surface area contributed by atoms with Crippen LogP contribution in [0.4, 0.5) is 0 Å². The van der Waals surface area contributed by atoms with Gasteiger partial charge in [-0.2, -0.15) is 10.1 Å². The Morgan fingerprint density at radius 3 is 2.82 bits per heavy atom. The monoisotopic (exact) mass is 235 g/mol. The van der Waals surface area contributed by atoms with Crippen LogP contribution in [-0.4, -0.2) is 33.0 Å². The number of rotatable bonds is 3. The first-order valence-electron chi connectivity index (χ1n) is 5.24. The average Bonchev–Trinajstić information content (AvgIpc) is 2.64. The number of pyridine rings is 1. The van der Waals surface area contributed by atoms with Crippen molar-refractivity contribution in [2.75, 3.05) is 7.11 Å². The first kappa shape index (κ1) is 11.4. The van der Waals surface area contributed by atoms with E-state index in [1.807, 2.05) is 6.92 Å². The molecule has 0 amide bonds. The van der Waals surface area contributed by atoms with Crippen LogP contribution in [0, 0.1) is 6.92 Å². The van der Waals surface area contributed by atoms with Crippen LogP contribution in [0.3, 0.4) is 0 Å². The molecular weight excluding hydrogens is 222 g/mol. The van der Waals surface area contributed by atoms with E-state index in [1.165, 1.54) is 13.2 Å². The van der Waals surface area contributed by atoms with Gasteiger partial charge >= 0.3 is 5.97 Å². The van der Waals surface area contributed by atoms with E-state index < -0.39 is 5.97 Å². The Kier molecular flexibility index (Phi) is 2.71. The maximum Gasteiger partial charge on any atom is 0.336 e. The molecule has 0 saturated heterocycles. The van der Waals surface area contributed by atoms with Gasteiger partial charge < -0.3 is 9.84 Å². The second-order valence-corrected chi connectivity index (χ2v) is 3.62. The molecule has 0 saturated carbocycles. The third kappa shape index (κ3) is 1.71. The van der Waals surface area contributed by atoms with E-state index in [2.05, 4.69) is 10.1 Å². The number of ether oxygens (including phenoxy) is 1. The molecule has 0 radical (unpaired) electrons. The van der Waals surface area contributed by atoms with Gasteiger partial charge in [0.05, 0.1) is 23.8 Å². The van der Waals surface area contributed by atoms with Gasteiger partial charge in [0.25, 0.3) is 0 Å². The molecule has 2 heterocycles. The second-order valence-electron chi connectivity index (χ2n) is 3.62. The number of methoxy groups -OCH3 is 1. The van der Waals surface area contributed by atoms with Crippen LogP contribution in [0.1, 0.15) is 23.0 Å². The fourth-order valence-corrected chi connectivity index (χ4v) is 1.82. The Balaban J connectivity index is 2.87. The fourth-order valence-electron chi connectivity index (χ4n) is 1.82. The maximum absolute atomic E-state index is 11.2. The summed E-state index contributed by atoms with van der Waals surface area (Å²) in [5.41, 5.74) is 1.38. The zero-order valence-corrected chi connectivity index (χ0v) is 9.89. The van der Waals surface area contributed by atoms with E-state index in [9.17, 15) is 9.90 Å². The maximum atomic E-state index is 11.2. The molecule has 2 aromatic heterocycles. The number of aromatic nitrogens is 3. The van der Waals surface area contributed by atoms with E-state index in [1.54, 1.807) is 11.6 Å². The standard InChI is InChI=1S/C11H13N3O3/c1-4-14-10-9(6(2)13-14)7(11(15)16)5-8(12-10)17-3/h5H,4H2,1-3H3,(H,15,16). The van der Waals surface area contributed by atoms with Crippen molar-refractivity contribution < 1.29 is 14.6 Å². The summed E-state index contributed by atoms with van der Waals surface area (Å²) in [5, 5.41) is 14.0. The van der Waals surface area contributed by atoms with Gasteiger partial charge in [-0.05, 0) is 13.8 Å². The summed E-state index contributed by atoms with van der Waals surface area (Å²) in [5.74, 6) is -0.723. The van der Waals surface area contributed by atoms with Crippen molar-refractivity contribution in [1.29, 1.82) is 0 Å². The fraction of sp³-hybridized carbons (Fsp3) is 0.364. The van der Waals surface area contributed by atoms with Gasteiger partial charge in [-0.25, -0.2) is 9.48 Å². The quantitative estimate of drug-likeness (QED) is 0.871. The van der Waals surface area contributed by atoms with Gasteiger partial charge in [-0.3, -0.25) is 0 Å². The molecule has 0 bridgehead atoms. The number of fused-ring (bicyclic) bond motifs is 1. The number of carboxylic acids is 1. The number of aryl methyl sites for hydroxylation is 2. The van der Waals surface area contributed by atoms with Gasteiger partial charge in [0, 0.05) is 12.6 Å². The zero-order valence-electron chi connectivity index (χ0n) is 9.89. The molecule has 6 heteroatoms. The predicted molar refractivity (Wildman–Crippen MR) is 61.5 cm³/mol. The van der Waals surface area contributed by atoms with Crippen molar-refractivity contribution in [3.8, 4) is 5.88 Å². The number of nitrogens with zero attached hydrogens (tertiary/aromatic N) is 3. The summed E-state index contributed by atoms with van der Waals surface area (Å²) < 4.78 is 6.67.